The molecule has 0 spiro atoms. The van der Waals surface area contributed by atoms with Crippen molar-refractivity contribution in [1.82, 2.24) is 24.6 Å². The Kier molecular flexibility index (Phi) is 6.98. The lowest BCUT2D eigenvalue weighted by molar-refractivity contribution is -0.127. The molecule has 202 valence electrons. The van der Waals surface area contributed by atoms with Gasteiger partial charge >= 0.3 is 6.03 Å². The fraction of sp³-hybridized carbons (Fsp3) is 0.286. The number of amides is 3. The number of urea groups is 1. The fourth-order valence-corrected chi connectivity index (χ4v) is 5.32. The van der Waals surface area contributed by atoms with Crippen molar-refractivity contribution in [3.63, 3.8) is 0 Å². The Morgan fingerprint density at radius 3 is 2.59 bits per heavy atom. The van der Waals surface area contributed by atoms with Crippen LogP contribution in [-0.2, 0) is 11.4 Å². The molecule has 2 aromatic heterocycles. The van der Waals surface area contributed by atoms with Crippen LogP contribution in [0.1, 0.15) is 43.6 Å². The van der Waals surface area contributed by atoms with Crippen LogP contribution in [0.5, 0.6) is 5.75 Å². The lowest BCUT2D eigenvalue weighted by Gasteiger charge is -2.29. The van der Waals surface area contributed by atoms with Crippen molar-refractivity contribution in [2.75, 3.05) is 6.54 Å². The molecule has 0 N–H and O–H groups in total. The molecule has 8 nitrogen and oxygen atoms in total. The van der Waals surface area contributed by atoms with Crippen LogP contribution < -0.4 is 4.74 Å². The minimum atomic E-state index is -0.709. The van der Waals surface area contributed by atoms with Crippen molar-refractivity contribution in [2.24, 2.45) is 0 Å². The Balaban J connectivity index is 1.52. The summed E-state index contributed by atoms with van der Waals surface area (Å²) in [5, 5.41) is 4.90. The van der Waals surface area contributed by atoms with Gasteiger partial charge in [0, 0.05) is 23.2 Å². The molecule has 0 radical (unpaired) electrons. The van der Waals surface area contributed by atoms with Gasteiger partial charge in [0.1, 0.15) is 29.7 Å². The van der Waals surface area contributed by atoms with E-state index in [0.29, 0.717) is 39.2 Å². The van der Waals surface area contributed by atoms with Gasteiger partial charge in [-0.25, -0.2) is 23.2 Å². The fourth-order valence-electron chi connectivity index (χ4n) is 5.05. The summed E-state index contributed by atoms with van der Waals surface area (Å²) >= 11 is 6.50. The summed E-state index contributed by atoms with van der Waals surface area (Å²) in [6, 6.07) is 7.84. The van der Waals surface area contributed by atoms with Crippen LogP contribution >= 0.6 is 11.6 Å². The topological polar surface area (TPSA) is 80.6 Å². The molecule has 3 amide bonds. The predicted octanol–water partition coefficient (Wildman–Crippen LogP) is 5.97. The number of fused-ring (bicyclic) bond motifs is 1. The first-order valence-corrected chi connectivity index (χ1v) is 12.8. The molecule has 0 bridgehead atoms. The molecule has 5 rings (SSSR count). The van der Waals surface area contributed by atoms with Crippen LogP contribution in [0.4, 0.5) is 13.6 Å². The molecule has 2 atom stereocenters. The number of rotatable bonds is 7. The molecule has 1 aliphatic heterocycles. The number of hydrogen-bond donors (Lipinski definition) is 0. The molecule has 1 unspecified atom stereocenters. The summed E-state index contributed by atoms with van der Waals surface area (Å²) < 4.78 is 35.9. The van der Waals surface area contributed by atoms with Crippen molar-refractivity contribution in [1.29, 1.82) is 0 Å². The van der Waals surface area contributed by atoms with E-state index in [1.165, 1.54) is 32.8 Å². The smallest absolute Gasteiger partial charge is 0.327 e. The Morgan fingerprint density at radius 1 is 1.15 bits per heavy atom. The summed E-state index contributed by atoms with van der Waals surface area (Å²) in [7, 11) is 0. The van der Waals surface area contributed by atoms with E-state index >= 15 is 0 Å². The van der Waals surface area contributed by atoms with Crippen LogP contribution in [0.15, 0.2) is 48.8 Å². The highest BCUT2D eigenvalue weighted by molar-refractivity contribution is 6.31. The molecule has 4 aromatic rings. The van der Waals surface area contributed by atoms with E-state index in [0.717, 1.165) is 6.20 Å². The van der Waals surface area contributed by atoms with E-state index in [4.69, 9.17) is 16.3 Å². The number of likely N-dealkylation sites (N-methyl/N-ethyl adjacent to an activating group) is 1. The van der Waals surface area contributed by atoms with Gasteiger partial charge in [-0.2, -0.15) is 5.10 Å². The number of ether oxygens (including phenoxy) is 1. The van der Waals surface area contributed by atoms with Crippen LogP contribution in [0.2, 0.25) is 5.02 Å². The maximum Gasteiger partial charge on any atom is 0.327 e. The first-order chi connectivity index (χ1) is 18.6. The van der Waals surface area contributed by atoms with Crippen LogP contribution in [-0.4, -0.2) is 49.1 Å². The van der Waals surface area contributed by atoms with E-state index in [1.54, 1.807) is 39.0 Å². The lowest BCUT2D eigenvalue weighted by atomic mass is 9.99. The summed E-state index contributed by atoms with van der Waals surface area (Å²) in [6.45, 7) is 7.10. The third-order valence-corrected chi connectivity index (χ3v) is 7.29. The van der Waals surface area contributed by atoms with Gasteiger partial charge in [0.25, 0.3) is 5.91 Å². The molecule has 3 heterocycles. The highest BCUT2D eigenvalue weighted by atomic mass is 35.5. The Morgan fingerprint density at radius 2 is 1.92 bits per heavy atom. The van der Waals surface area contributed by atoms with Gasteiger partial charge in [-0.15, -0.1) is 0 Å². The normalized spacial score (nSPS) is 16.4. The van der Waals surface area contributed by atoms with Crippen LogP contribution in [0.25, 0.3) is 16.6 Å². The molecule has 0 aliphatic carbocycles. The number of carbonyl (C=O) groups is 2. The number of benzene rings is 2. The average Bonchev–Trinajstić information content (AvgIpc) is 3.42. The van der Waals surface area contributed by atoms with Crippen molar-refractivity contribution in [2.45, 2.75) is 46.4 Å². The molecule has 2 aromatic carbocycles. The molecule has 1 saturated heterocycles. The van der Waals surface area contributed by atoms with Crippen molar-refractivity contribution >= 4 is 34.4 Å². The van der Waals surface area contributed by atoms with Crippen LogP contribution in [0, 0.1) is 18.6 Å². The second-order valence-corrected chi connectivity index (χ2v) is 9.81. The monoisotopic (exact) mass is 553 g/mol. The SMILES string of the molecule is CCN1C(=O)C(C)N([C@@H](C)c2cc(F)cc(Cl)c2COc2cccc3c(-n4cc(F)cn4)cc(C)nc23)C1=O. The number of nitrogens with zero attached hydrogens (tertiary/aromatic N) is 5. The summed E-state index contributed by atoms with van der Waals surface area (Å²) in [5.74, 6) is -0.906. The molecular formula is C28H26ClF2N5O3. The van der Waals surface area contributed by atoms with E-state index in [2.05, 4.69) is 10.1 Å². The second kappa shape index (κ2) is 10.3. The maximum absolute atomic E-state index is 14.5. The van der Waals surface area contributed by atoms with Crippen molar-refractivity contribution < 1.29 is 23.1 Å². The van der Waals surface area contributed by atoms with Gasteiger partial charge in [-0.1, -0.05) is 23.7 Å². The first-order valence-electron chi connectivity index (χ1n) is 12.5. The predicted molar refractivity (Wildman–Crippen MR) is 142 cm³/mol. The Labute approximate surface area is 228 Å². The van der Waals surface area contributed by atoms with Crippen molar-refractivity contribution in [3.8, 4) is 11.4 Å². The minimum absolute atomic E-state index is 0.0545. The third-order valence-electron chi connectivity index (χ3n) is 6.95. The lowest BCUT2D eigenvalue weighted by Crippen LogP contribution is -2.36. The maximum atomic E-state index is 14.5. The summed E-state index contributed by atoms with van der Waals surface area (Å²) in [4.78, 5) is 32.8. The molecule has 0 saturated carbocycles. The van der Waals surface area contributed by atoms with Gasteiger partial charge in [0.2, 0.25) is 0 Å². The number of para-hydroxylation sites is 1. The number of pyridine rings is 1. The standard InChI is InChI=1S/C28H26ClF2N5O3/c1-5-34-27(37)17(4)36(28(34)38)16(3)21-10-18(30)11-23(29)22(21)14-39-25-8-6-7-20-24(9-15(2)33-26(20)25)35-13-19(31)12-32-35/h6-13,16-17H,5,14H2,1-4H3/t16-,17?/m0/s1. The van der Waals surface area contributed by atoms with E-state index in [9.17, 15) is 18.4 Å². The summed E-state index contributed by atoms with van der Waals surface area (Å²) in [5.41, 5.74) is 2.75. The van der Waals surface area contributed by atoms with Gasteiger partial charge < -0.3 is 9.64 Å². The van der Waals surface area contributed by atoms with Gasteiger partial charge in [-0.05, 0) is 57.5 Å². The van der Waals surface area contributed by atoms with Crippen LogP contribution in [0.3, 0.4) is 0 Å². The highest BCUT2D eigenvalue weighted by Gasteiger charge is 2.44. The van der Waals surface area contributed by atoms with E-state index in [-0.39, 0.29) is 24.1 Å². The average molecular weight is 554 g/mol. The zero-order chi connectivity index (χ0) is 28.0. The second-order valence-electron chi connectivity index (χ2n) is 9.41. The molecule has 39 heavy (non-hydrogen) atoms. The van der Waals surface area contributed by atoms with Gasteiger partial charge in [0.15, 0.2) is 5.82 Å². The van der Waals surface area contributed by atoms with E-state index in [1.807, 2.05) is 13.0 Å². The Hall–Kier alpha value is -4.05. The van der Waals surface area contributed by atoms with Gasteiger partial charge in [-0.3, -0.25) is 9.69 Å². The highest BCUT2D eigenvalue weighted by Crippen LogP contribution is 2.36. The summed E-state index contributed by atoms with van der Waals surface area (Å²) in [6.07, 6.45) is 2.40. The molecular weight excluding hydrogens is 528 g/mol. The largest absolute Gasteiger partial charge is 0.487 e. The van der Waals surface area contributed by atoms with E-state index < -0.39 is 29.7 Å². The number of aryl methyl sites for hydroxylation is 1. The minimum Gasteiger partial charge on any atom is -0.487 e. The number of imide groups is 1. The number of aromatic nitrogens is 3. The molecule has 1 fully saturated rings. The first kappa shape index (κ1) is 26.6. The zero-order valence-electron chi connectivity index (χ0n) is 21.8. The number of hydrogen-bond acceptors (Lipinski definition) is 5. The van der Waals surface area contributed by atoms with Crippen molar-refractivity contribution in [3.05, 3.63) is 82.3 Å². The number of halogens is 3. The molecule has 11 heteroatoms. The molecule has 1 aliphatic rings. The number of carbonyl (C=O) groups excluding carboxylic acids is 2. The quantitative estimate of drug-likeness (QED) is 0.263. The Bertz CT molecular complexity index is 1610. The third kappa shape index (κ3) is 4.69. The zero-order valence-corrected chi connectivity index (χ0v) is 22.5. The van der Waals surface area contributed by atoms with Gasteiger partial charge in [0.05, 0.1) is 29.1 Å².